The van der Waals surface area contributed by atoms with Crippen LogP contribution in [0.25, 0.3) is 54.7 Å². The predicted molar refractivity (Wildman–Crippen MR) is 258 cm³/mol. The molecular weight excluding hydrogens is 739 g/mol. The highest BCUT2D eigenvalue weighted by molar-refractivity contribution is 6.22. The summed E-state index contributed by atoms with van der Waals surface area (Å²) in [5.74, 6) is 0. The monoisotopic (exact) mass is 783 g/mol. The molecule has 1 aliphatic heterocycles. The number of nitrogens with zero attached hydrogens (tertiary/aromatic N) is 3. The SMILES string of the molecule is CCc1ccccc1N(c1ccccc1)c1ccc2c(-c3ccc4ccccc4c3)c3cc(N4c5ccccc5C(C)(C)c5ccccc54)ccc3c(-c3ccccn3)c2c1. The molecule has 292 valence electrons. The van der Waals surface area contributed by atoms with Crippen LogP contribution >= 0.6 is 0 Å². The van der Waals surface area contributed by atoms with E-state index < -0.39 is 0 Å². The van der Waals surface area contributed by atoms with E-state index in [1.807, 2.05) is 12.3 Å². The van der Waals surface area contributed by atoms with E-state index in [1.54, 1.807) is 0 Å². The van der Waals surface area contributed by atoms with Crippen molar-refractivity contribution in [1.82, 2.24) is 4.98 Å². The van der Waals surface area contributed by atoms with Gasteiger partial charge in [-0.1, -0.05) is 148 Å². The Morgan fingerprint density at radius 3 is 1.89 bits per heavy atom. The van der Waals surface area contributed by atoms with Gasteiger partial charge in [-0.3, -0.25) is 4.98 Å². The van der Waals surface area contributed by atoms with Crippen molar-refractivity contribution in [2.75, 3.05) is 9.80 Å². The summed E-state index contributed by atoms with van der Waals surface area (Å²) < 4.78 is 0. The minimum Gasteiger partial charge on any atom is -0.310 e. The summed E-state index contributed by atoms with van der Waals surface area (Å²) in [6.45, 7) is 6.93. The van der Waals surface area contributed by atoms with Gasteiger partial charge in [0.15, 0.2) is 0 Å². The van der Waals surface area contributed by atoms with Crippen LogP contribution < -0.4 is 9.80 Å². The van der Waals surface area contributed by atoms with Gasteiger partial charge in [0.2, 0.25) is 0 Å². The first kappa shape index (κ1) is 36.6. The fourth-order valence-electron chi connectivity index (χ4n) is 9.90. The molecule has 0 radical (unpaired) electrons. The van der Waals surface area contributed by atoms with Crippen molar-refractivity contribution < 1.29 is 0 Å². The molecule has 10 aromatic rings. The average Bonchev–Trinajstić information content (AvgIpc) is 3.31. The van der Waals surface area contributed by atoms with E-state index in [0.717, 1.165) is 45.5 Å². The summed E-state index contributed by atoms with van der Waals surface area (Å²) in [4.78, 5) is 9.96. The molecule has 2 heterocycles. The maximum Gasteiger partial charge on any atom is 0.0714 e. The molecule has 0 aliphatic carbocycles. The number of anilines is 6. The number of pyridine rings is 1. The van der Waals surface area contributed by atoms with Gasteiger partial charge in [-0.2, -0.15) is 0 Å². The van der Waals surface area contributed by atoms with Crippen molar-refractivity contribution >= 4 is 66.4 Å². The highest BCUT2D eigenvalue weighted by Crippen LogP contribution is 2.53. The Labute approximate surface area is 357 Å². The molecule has 0 fully saturated rings. The van der Waals surface area contributed by atoms with Crippen LogP contribution in [0.4, 0.5) is 34.1 Å². The zero-order chi connectivity index (χ0) is 41.1. The van der Waals surface area contributed by atoms with Crippen LogP contribution in [0, 0.1) is 0 Å². The molecule has 0 N–H and O–H groups in total. The summed E-state index contributed by atoms with van der Waals surface area (Å²) in [6, 6.07) is 73.4. The van der Waals surface area contributed by atoms with Crippen LogP contribution in [0.3, 0.4) is 0 Å². The number of aromatic nitrogens is 1. The van der Waals surface area contributed by atoms with E-state index in [2.05, 4.69) is 225 Å². The van der Waals surface area contributed by atoms with E-state index in [4.69, 9.17) is 4.98 Å². The summed E-state index contributed by atoms with van der Waals surface area (Å²) in [5, 5.41) is 7.13. The molecule has 0 unspecified atom stereocenters. The molecule has 3 heteroatoms. The van der Waals surface area contributed by atoms with Gasteiger partial charge in [-0.05, 0) is 139 Å². The maximum atomic E-state index is 5.07. The summed E-state index contributed by atoms with van der Waals surface area (Å²) in [5.41, 5.74) is 15.2. The molecule has 0 atom stereocenters. The second-order valence-electron chi connectivity index (χ2n) is 16.6. The normalized spacial score (nSPS) is 13.0. The number of benzene rings is 9. The Bertz CT molecular complexity index is 3230. The largest absolute Gasteiger partial charge is 0.310 e. The zero-order valence-corrected chi connectivity index (χ0v) is 34.7. The summed E-state index contributed by atoms with van der Waals surface area (Å²) >= 11 is 0. The smallest absolute Gasteiger partial charge is 0.0714 e. The lowest BCUT2D eigenvalue weighted by atomic mass is 9.73. The topological polar surface area (TPSA) is 19.4 Å². The quantitative estimate of drug-likeness (QED) is 0.150. The van der Waals surface area contributed by atoms with Crippen LogP contribution in [0.5, 0.6) is 0 Å². The fourth-order valence-corrected chi connectivity index (χ4v) is 9.90. The van der Waals surface area contributed by atoms with Gasteiger partial charge < -0.3 is 9.80 Å². The third-order valence-electron chi connectivity index (χ3n) is 12.8. The van der Waals surface area contributed by atoms with Gasteiger partial charge >= 0.3 is 0 Å². The Morgan fingerprint density at radius 2 is 1.13 bits per heavy atom. The Hall–Kier alpha value is -7.49. The third-order valence-corrected chi connectivity index (χ3v) is 12.8. The first-order valence-corrected chi connectivity index (χ1v) is 21.4. The lowest BCUT2D eigenvalue weighted by Crippen LogP contribution is -2.30. The van der Waals surface area contributed by atoms with Crippen molar-refractivity contribution in [1.29, 1.82) is 0 Å². The van der Waals surface area contributed by atoms with Gasteiger partial charge in [0.25, 0.3) is 0 Å². The van der Waals surface area contributed by atoms with E-state index >= 15 is 0 Å². The van der Waals surface area contributed by atoms with Crippen molar-refractivity contribution in [2.24, 2.45) is 0 Å². The van der Waals surface area contributed by atoms with Crippen LogP contribution in [-0.4, -0.2) is 4.98 Å². The fraction of sp³-hybridized carbons (Fsp3) is 0.0862. The molecular formula is C58H45N3. The molecule has 3 nitrogen and oxygen atoms in total. The summed E-state index contributed by atoms with van der Waals surface area (Å²) in [6.07, 6.45) is 2.84. The van der Waals surface area contributed by atoms with Crippen molar-refractivity contribution in [3.63, 3.8) is 0 Å². The van der Waals surface area contributed by atoms with Crippen molar-refractivity contribution in [3.8, 4) is 22.4 Å². The Kier molecular flexibility index (Phi) is 8.79. The Morgan fingerprint density at radius 1 is 0.492 bits per heavy atom. The minimum atomic E-state index is -0.151. The number of aryl methyl sites for hydroxylation is 1. The zero-order valence-electron chi connectivity index (χ0n) is 34.7. The van der Waals surface area contributed by atoms with Crippen LogP contribution in [-0.2, 0) is 11.8 Å². The molecule has 11 rings (SSSR count). The average molecular weight is 784 g/mol. The number of rotatable bonds is 7. The van der Waals surface area contributed by atoms with Gasteiger partial charge in [-0.25, -0.2) is 0 Å². The number of para-hydroxylation sites is 4. The molecule has 0 spiro atoms. The van der Waals surface area contributed by atoms with Crippen LogP contribution in [0.1, 0.15) is 37.5 Å². The molecule has 0 bridgehead atoms. The van der Waals surface area contributed by atoms with Crippen molar-refractivity contribution in [3.05, 3.63) is 223 Å². The lowest BCUT2D eigenvalue weighted by Gasteiger charge is -2.42. The highest BCUT2D eigenvalue weighted by Gasteiger charge is 2.36. The van der Waals surface area contributed by atoms with Crippen LogP contribution in [0.2, 0.25) is 0 Å². The number of hydrogen-bond donors (Lipinski definition) is 0. The van der Waals surface area contributed by atoms with Crippen LogP contribution in [0.15, 0.2) is 206 Å². The molecule has 0 saturated heterocycles. The molecule has 0 amide bonds. The second-order valence-corrected chi connectivity index (χ2v) is 16.6. The first-order chi connectivity index (χ1) is 30.0. The second kappa shape index (κ2) is 14.7. The first-order valence-electron chi connectivity index (χ1n) is 21.4. The van der Waals surface area contributed by atoms with E-state index in [9.17, 15) is 0 Å². The van der Waals surface area contributed by atoms with Gasteiger partial charge in [0.05, 0.1) is 17.1 Å². The van der Waals surface area contributed by atoms with E-state index in [0.29, 0.717) is 0 Å². The summed E-state index contributed by atoms with van der Waals surface area (Å²) in [7, 11) is 0. The molecule has 1 aromatic heterocycles. The number of hydrogen-bond acceptors (Lipinski definition) is 3. The Balaban J connectivity index is 1.25. The highest BCUT2D eigenvalue weighted by atomic mass is 15.2. The molecule has 61 heavy (non-hydrogen) atoms. The van der Waals surface area contributed by atoms with E-state index in [-0.39, 0.29) is 5.41 Å². The minimum absolute atomic E-state index is 0.151. The van der Waals surface area contributed by atoms with Gasteiger partial charge in [0.1, 0.15) is 0 Å². The lowest BCUT2D eigenvalue weighted by molar-refractivity contribution is 0.632. The molecule has 0 saturated carbocycles. The van der Waals surface area contributed by atoms with Crippen molar-refractivity contribution in [2.45, 2.75) is 32.6 Å². The standard InChI is InChI=1S/C58H45N3/c1-4-39-18-10-13-26-53(39)60(43-21-6-5-7-22-43)44-31-33-46-49(37-44)57(52-25-16-17-35-59-52)47-34-32-45(38-48(47)56(46)42-30-29-40-19-8-9-20-41(40)36-42)61-54-27-14-11-23-50(54)58(2,3)51-24-12-15-28-55(51)61/h5-38H,4H2,1-3H3. The van der Waals surface area contributed by atoms with E-state index in [1.165, 1.54) is 66.4 Å². The van der Waals surface area contributed by atoms with Gasteiger partial charge in [-0.15, -0.1) is 0 Å². The molecule has 1 aliphatic rings. The third kappa shape index (κ3) is 5.99. The maximum absolute atomic E-state index is 5.07. The molecule has 9 aromatic carbocycles. The predicted octanol–water partition coefficient (Wildman–Crippen LogP) is 16.0. The number of fused-ring (bicyclic) bond motifs is 5. The van der Waals surface area contributed by atoms with Gasteiger partial charge in [0, 0.05) is 39.9 Å².